The van der Waals surface area contributed by atoms with Crippen LogP contribution in [-0.4, -0.2) is 0 Å². The van der Waals surface area contributed by atoms with Gasteiger partial charge < -0.3 is 4.74 Å². The minimum absolute atomic E-state index is 0.143. The molecule has 2 aromatic rings. The van der Waals surface area contributed by atoms with Crippen molar-refractivity contribution in [1.29, 1.82) is 5.26 Å². The van der Waals surface area contributed by atoms with Crippen molar-refractivity contribution in [2.45, 2.75) is 11.7 Å². The molecule has 0 aromatic heterocycles. The predicted molar refractivity (Wildman–Crippen MR) is 64.0 cm³/mol. The highest BCUT2D eigenvalue weighted by Gasteiger charge is 2.59. The summed E-state index contributed by atoms with van der Waals surface area (Å²) in [6.45, 7) is 0. The van der Waals surface area contributed by atoms with Gasteiger partial charge in [0.05, 0.1) is 0 Å². The molecule has 2 aromatic carbocycles. The smallest absolute Gasteiger partial charge is 0.210 e. The molecule has 0 unspecified atom stereocenters. The van der Waals surface area contributed by atoms with E-state index in [0.29, 0.717) is 0 Å². The molecule has 0 bridgehead atoms. The molecule has 2 nitrogen and oxygen atoms in total. The summed E-state index contributed by atoms with van der Waals surface area (Å²) < 4.78 is 5.66. The second kappa shape index (κ2) is 3.73. The lowest BCUT2D eigenvalue weighted by atomic mass is 9.93. The van der Waals surface area contributed by atoms with E-state index in [0.717, 1.165) is 11.1 Å². The van der Waals surface area contributed by atoms with Crippen molar-refractivity contribution in [3.8, 4) is 6.07 Å². The zero-order valence-corrected chi connectivity index (χ0v) is 9.21. The zero-order valence-electron chi connectivity index (χ0n) is 9.21. The molecule has 3 rings (SSSR count). The van der Waals surface area contributed by atoms with Gasteiger partial charge in [-0.2, -0.15) is 5.26 Å². The van der Waals surface area contributed by atoms with Gasteiger partial charge >= 0.3 is 0 Å². The van der Waals surface area contributed by atoms with Crippen LogP contribution in [-0.2, 0) is 10.3 Å². The van der Waals surface area contributed by atoms with Crippen LogP contribution in [0.4, 0.5) is 0 Å². The maximum atomic E-state index is 9.37. The van der Waals surface area contributed by atoms with E-state index in [1.54, 1.807) is 0 Å². The largest absolute Gasteiger partial charge is 0.340 e. The first-order valence-corrected chi connectivity index (χ1v) is 5.56. The Balaban J connectivity index is 1.97. The van der Waals surface area contributed by atoms with Crippen LogP contribution >= 0.6 is 0 Å². The second-order valence-electron chi connectivity index (χ2n) is 4.12. The predicted octanol–water partition coefficient (Wildman–Crippen LogP) is 3.18. The number of nitriles is 1. The fourth-order valence-electron chi connectivity index (χ4n) is 2.14. The van der Waals surface area contributed by atoms with Gasteiger partial charge in [-0.15, -0.1) is 0 Å². The van der Waals surface area contributed by atoms with Crippen LogP contribution in [0.3, 0.4) is 0 Å². The average molecular weight is 221 g/mol. The number of benzene rings is 2. The molecule has 0 N–H and O–H groups in total. The summed E-state index contributed by atoms with van der Waals surface area (Å²) in [5.74, 6) is 0. The molecular formula is C15H11NO. The Morgan fingerprint density at radius 3 is 2.12 bits per heavy atom. The van der Waals surface area contributed by atoms with Crippen LogP contribution in [0, 0.1) is 11.3 Å². The Morgan fingerprint density at radius 2 is 1.53 bits per heavy atom. The van der Waals surface area contributed by atoms with Crippen LogP contribution in [0.25, 0.3) is 0 Å². The van der Waals surface area contributed by atoms with Gasteiger partial charge in [0.1, 0.15) is 12.2 Å². The van der Waals surface area contributed by atoms with Crippen LogP contribution < -0.4 is 0 Å². The summed E-state index contributed by atoms with van der Waals surface area (Å²) in [5.41, 5.74) is 1.19. The third kappa shape index (κ3) is 1.52. The fourth-order valence-corrected chi connectivity index (χ4v) is 2.14. The molecule has 1 fully saturated rings. The quantitative estimate of drug-likeness (QED) is 0.730. The molecule has 0 saturated carbocycles. The van der Waals surface area contributed by atoms with E-state index in [9.17, 15) is 5.26 Å². The Labute approximate surface area is 100 Å². The lowest BCUT2D eigenvalue weighted by Crippen LogP contribution is -2.06. The maximum absolute atomic E-state index is 9.37. The van der Waals surface area contributed by atoms with E-state index < -0.39 is 5.60 Å². The SMILES string of the molecule is N#C[C@@]1(c2ccccc2)O[C@@H]1c1ccccc1. The Bertz CT molecular complexity index is 558. The summed E-state index contributed by atoms with van der Waals surface area (Å²) in [6.07, 6.45) is -0.143. The molecule has 1 aliphatic rings. The molecule has 17 heavy (non-hydrogen) atoms. The lowest BCUT2D eigenvalue weighted by molar-refractivity contribution is 0.340. The van der Waals surface area contributed by atoms with Crippen LogP contribution in [0.2, 0.25) is 0 Å². The van der Waals surface area contributed by atoms with Crippen LogP contribution in [0.1, 0.15) is 17.2 Å². The van der Waals surface area contributed by atoms with Gasteiger partial charge in [-0.3, -0.25) is 0 Å². The highest BCUT2D eigenvalue weighted by molar-refractivity contribution is 5.41. The molecule has 1 saturated heterocycles. The summed E-state index contributed by atoms with van der Waals surface area (Å²) in [6, 6.07) is 21.8. The minimum atomic E-state index is -0.789. The van der Waals surface area contributed by atoms with Gasteiger partial charge in [0.15, 0.2) is 0 Å². The Morgan fingerprint density at radius 1 is 0.941 bits per heavy atom. The normalized spacial score (nSPS) is 26.2. The number of ether oxygens (including phenoxy) is 1. The molecule has 1 heterocycles. The fraction of sp³-hybridized carbons (Fsp3) is 0.133. The molecule has 0 aliphatic carbocycles. The molecule has 0 amide bonds. The van der Waals surface area contributed by atoms with E-state index in [1.807, 2.05) is 60.7 Å². The van der Waals surface area contributed by atoms with Crippen molar-refractivity contribution < 1.29 is 4.74 Å². The van der Waals surface area contributed by atoms with Gasteiger partial charge in [-0.25, -0.2) is 0 Å². The molecule has 82 valence electrons. The third-order valence-electron chi connectivity index (χ3n) is 3.09. The summed E-state index contributed by atoms with van der Waals surface area (Å²) >= 11 is 0. The van der Waals surface area contributed by atoms with Gasteiger partial charge in [0.25, 0.3) is 0 Å². The molecule has 2 atom stereocenters. The number of hydrogen-bond donors (Lipinski definition) is 0. The molecular weight excluding hydrogens is 210 g/mol. The van der Waals surface area contributed by atoms with E-state index in [2.05, 4.69) is 6.07 Å². The van der Waals surface area contributed by atoms with Gasteiger partial charge in [-0.1, -0.05) is 60.7 Å². The second-order valence-corrected chi connectivity index (χ2v) is 4.12. The first kappa shape index (κ1) is 10.1. The van der Waals surface area contributed by atoms with Crippen molar-refractivity contribution >= 4 is 0 Å². The summed E-state index contributed by atoms with van der Waals surface area (Å²) in [4.78, 5) is 0. The molecule has 0 spiro atoms. The molecule has 0 radical (unpaired) electrons. The van der Waals surface area contributed by atoms with Crippen molar-refractivity contribution in [2.75, 3.05) is 0 Å². The number of rotatable bonds is 2. The van der Waals surface area contributed by atoms with Crippen LogP contribution in [0.15, 0.2) is 60.7 Å². The number of epoxide rings is 1. The summed E-state index contributed by atoms with van der Waals surface area (Å²) in [5, 5.41) is 9.37. The van der Waals surface area contributed by atoms with E-state index in [1.165, 1.54) is 0 Å². The maximum Gasteiger partial charge on any atom is 0.210 e. The van der Waals surface area contributed by atoms with E-state index in [4.69, 9.17) is 4.74 Å². The third-order valence-corrected chi connectivity index (χ3v) is 3.09. The molecule has 1 aliphatic heterocycles. The molecule has 2 heteroatoms. The van der Waals surface area contributed by atoms with E-state index >= 15 is 0 Å². The highest BCUT2D eigenvalue weighted by atomic mass is 16.6. The van der Waals surface area contributed by atoms with Gasteiger partial charge in [0.2, 0.25) is 5.60 Å². The first-order chi connectivity index (χ1) is 8.37. The van der Waals surface area contributed by atoms with Crippen molar-refractivity contribution in [2.24, 2.45) is 0 Å². The van der Waals surface area contributed by atoms with Gasteiger partial charge in [0, 0.05) is 5.56 Å². The average Bonchev–Trinajstić information content (AvgIpc) is 3.17. The highest BCUT2D eigenvalue weighted by Crippen LogP contribution is 2.56. The van der Waals surface area contributed by atoms with Crippen molar-refractivity contribution in [3.63, 3.8) is 0 Å². The zero-order chi connectivity index (χ0) is 11.7. The van der Waals surface area contributed by atoms with Crippen molar-refractivity contribution in [1.82, 2.24) is 0 Å². The standard InChI is InChI=1S/C15H11NO/c16-11-15(13-9-5-2-6-10-13)14(17-15)12-7-3-1-4-8-12/h1-10,14H/t14-,15+/m1/s1. The Kier molecular flexibility index (Phi) is 2.21. The Hall–Kier alpha value is -2.11. The van der Waals surface area contributed by atoms with Gasteiger partial charge in [-0.05, 0) is 5.56 Å². The lowest BCUT2D eigenvalue weighted by Gasteiger charge is -2.03. The van der Waals surface area contributed by atoms with Crippen LogP contribution in [0.5, 0.6) is 0 Å². The summed E-state index contributed by atoms with van der Waals surface area (Å²) in [7, 11) is 0. The number of nitrogens with zero attached hydrogens (tertiary/aromatic N) is 1. The van der Waals surface area contributed by atoms with E-state index in [-0.39, 0.29) is 6.10 Å². The number of hydrogen-bond acceptors (Lipinski definition) is 2. The first-order valence-electron chi connectivity index (χ1n) is 5.56. The topological polar surface area (TPSA) is 36.3 Å². The van der Waals surface area contributed by atoms with Crippen molar-refractivity contribution in [3.05, 3.63) is 71.8 Å². The monoisotopic (exact) mass is 221 g/mol. The minimum Gasteiger partial charge on any atom is -0.340 e.